The average Bonchev–Trinajstić information content (AvgIpc) is 4.15. The van der Waals surface area contributed by atoms with Crippen LogP contribution in [0.25, 0.3) is 22.3 Å². The minimum absolute atomic E-state index is 0.403. The number of hydrogen-bond acceptors (Lipinski definition) is 9. The summed E-state index contributed by atoms with van der Waals surface area (Å²) in [6.07, 6.45) is 17.0. The van der Waals surface area contributed by atoms with E-state index in [1.165, 1.54) is 58.5 Å². The maximum Gasteiger partial charge on any atom is 0.164 e. The number of pyridine rings is 2. The highest BCUT2D eigenvalue weighted by Gasteiger charge is 2.30. The molecule has 8 nitrogen and oxygen atoms in total. The molecular formula is C45H51N5O3S. The summed E-state index contributed by atoms with van der Waals surface area (Å²) in [5, 5.41) is 0. The van der Waals surface area contributed by atoms with Gasteiger partial charge in [0.2, 0.25) is 0 Å². The number of nitrogens with two attached hydrogens (primary N) is 1. The molecule has 2 aromatic heterocycles. The van der Waals surface area contributed by atoms with Crippen molar-refractivity contribution in [2.75, 3.05) is 51.3 Å². The van der Waals surface area contributed by atoms with E-state index >= 15 is 0 Å². The summed E-state index contributed by atoms with van der Waals surface area (Å²) in [7, 11) is 5.15. The maximum atomic E-state index is 6.46. The van der Waals surface area contributed by atoms with Gasteiger partial charge in [0.25, 0.3) is 0 Å². The number of likely N-dealkylation sites (tertiary alicyclic amines) is 1. The zero-order chi connectivity index (χ0) is 37.2. The fourth-order valence-corrected chi connectivity index (χ4v) is 8.49. The van der Waals surface area contributed by atoms with Crippen LogP contribution in [0, 0.1) is 0 Å². The van der Waals surface area contributed by atoms with Crippen LogP contribution in [0.2, 0.25) is 0 Å². The van der Waals surface area contributed by atoms with Crippen LogP contribution in [0.3, 0.4) is 0 Å². The van der Waals surface area contributed by atoms with E-state index in [0.717, 1.165) is 84.2 Å². The van der Waals surface area contributed by atoms with Crippen molar-refractivity contribution in [1.82, 2.24) is 14.9 Å². The molecule has 2 aliphatic carbocycles. The summed E-state index contributed by atoms with van der Waals surface area (Å²) >= 11 is 1.78. The summed E-state index contributed by atoms with van der Waals surface area (Å²) in [5.41, 5.74) is 17.8. The molecule has 3 aliphatic rings. The van der Waals surface area contributed by atoms with E-state index in [1.54, 1.807) is 33.1 Å². The van der Waals surface area contributed by atoms with Crippen LogP contribution in [0.1, 0.15) is 72.6 Å². The van der Waals surface area contributed by atoms with E-state index in [2.05, 4.69) is 81.7 Å². The number of thioether (sulfide) groups is 1. The number of methoxy groups -OCH3 is 3. The predicted molar refractivity (Wildman–Crippen MR) is 220 cm³/mol. The molecule has 3 fully saturated rings. The van der Waals surface area contributed by atoms with E-state index < -0.39 is 0 Å². The number of benzene rings is 3. The van der Waals surface area contributed by atoms with Gasteiger partial charge >= 0.3 is 0 Å². The fraction of sp³-hybridized carbons (Fsp3) is 0.378. The SMILES string of the molecule is COc1cc(-c2cncc(CN3CCC(N(Cc4cncc(-c5cc(OC)c(OC)c(C6CC6)c5)c4)c4ccc(SC)cc4)CC3)c2)cc(C2CC2)c1N. The van der Waals surface area contributed by atoms with E-state index in [1.807, 2.05) is 24.8 Å². The molecule has 0 unspecified atom stereocenters. The van der Waals surface area contributed by atoms with Gasteiger partial charge in [-0.25, -0.2) is 0 Å². The van der Waals surface area contributed by atoms with E-state index in [4.69, 9.17) is 24.9 Å². The van der Waals surface area contributed by atoms with Crippen LogP contribution in [0.15, 0.2) is 90.3 Å². The molecule has 8 rings (SSSR count). The lowest BCUT2D eigenvalue weighted by Gasteiger charge is -2.40. The van der Waals surface area contributed by atoms with Crippen molar-refractivity contribution in [1.29, 1.82) is 0 Å². The van der Waals surface area contributed by atoms with Crippen molar-refractivity contribution in [3.8, 4) is 39.5 Å². The van der Waals surface area contributed by atoms with Crippen LogP contribution in [-0.4, -0.2) is 61.6 Å². The standard InChI is InChI=1S/C45H51N5O3S/c1-51-42-21-33(19-40(44(42)46)31-5-6-31)35-17-29(23-47-25-35)27-49-15-13-38(14-16-49)50(37-9-11-39(54-4)12-10-37)28-30-18-36(26-48-24-30)34-20-41(32-7-8-32)45(53-3)43(22-34)52-2/h9-12,17-26,31-32,38H,5-8,13-16,27-28,46H2,1-4H3. The molecule has 3 heterocycles. The summed E-state index contributed by atoms with van der Waals surface area (Å²) in [6.45, 7) is 3.69. The minimum Gasteiger partial charge on any atom is -0.495 e. The average molecular weight is 742 g/mol. The lowest BCUT2D eigenvalue weighted by molar-refractivity contribution is 0.200. The zero-order valence-corrected chi connectivity index (χ0v) is 32.7. The number of aromatic nitrogens is 2. The number of nitrogen functional groups attached to an aromatic ring is 1. The van der Waals surface area contributed by atoms with Gasteiger partial charge < -0.3 is 24.8 Å². The van der Waals surface area contributed by atoms with Crippen molar-refractivity contribution in [3.05, 3.63) is 108 Å². The summed E-state index contributed by atoms with van der Waals surface area (Å²) in [5.74, 6) is 3.45. The van der Waals surface area contributed by atoms with Crippen molar-refractivity contribution < 1.29 is 14.2 Å². The maximum absolute atomic E-state index is 6.46. The van der Waals surface area contributed by atoms with Gasteiger partial charge in [0.05, 0.1) is 27.0 Å². The first-order valence-corrected chi connectivity index (χ1v) is 20.4. The molecule has 0 radical (unpaired) electrons. The van der Waals surface area contributed by atoms with Crippen LogP contribution in [-0.2, 0) is 13.1 Å². The summed E-state index contributed by atoms with van der Waals surface area (Å²) in [6, 6.07) is 22.7. The number of nitrogens with zero attached hydrogens (tertiary/aromatic N) is 4. The third kappa shape index (κ3) is 7.89. The Hall–Kier alpha value is -4.73. The Bertz CT molecular complexity index is 2090. The van der Waals surface area contributed by atoms with Gasteiger partial charge in [-0.3, -0.25) is 14.9 Å². The molecule has 0 spiro atoms. The largest absolute Gasteiger partial charge is 0.495 e. The third-order valence-electron chi connectivity index (χ3n) is 11.4. The normalized spacial score (nSPS) is 16.3. The van der Waals surface area contributed by atoms with Crippen LogP contribution in [0.5, 0.6) is 17.2 Å². The first-order chi connectivity index (χ1) is 26.4. The molecular weight excluding hydrogens is 691 g/mol. The smallest absolute Gasteiger partial charge is 0.164 e. The van der Waals surface area contributed by atoms with Crippen LogP contribution >= 0.6 is 11.8 Å². The van der Waals surface area contributed by atoms with Gasteiger partial charge in [0, 0.05) is 84.3 Å². The van der Waals surface area contributed by atoms with Crippen molar-refractivity contribution in [2.24, 2.45) is 0 Å². The highest BCUT2D eigenvalue weighted by Crippen LogP contribution is 2.49. The molecule has 2 saturated carbocycles. The molecule has 280 valence electrons. The lowest BCUT2D eigenvalue weighted by Crippen LogP contribution is -2.44. The Morgan fingerprint density at radius 3 is 1.89 bits per heavy atom. The van der Waals surface area contributed by atoms with Gasteiger partial charge in [-0.15, -0.1) is 11.8 Å². The van der Waals surface area contributed by atoms with Gasteiger partial charge in [-0.1, -0.05) is 0 Å². The zero-order valence-electron chi connectivity index (χ0n) is 31.9. The molecule has 1 saturated heterocycles. The van der Waals surface area contributed by atoms with Crippen molar-refractivity contribution in [3.63, 3.8) is 0 Å². The molecule has 9 heteroatoms. The van der Waals surface area contributed by atoms with Crippen LogP contribution in [0.4, 0.5) is 11.4 Å². The topological polar surface area (TPSA) is 86.0 Å². The van der Waals surface area contributed by atoms with Crippen molar-refractivity contribution >= 4 is 23.1 Å². The number of ether oxygens (including phenoxy) is 3. The van der Waals surface area contributed by atoms with Gasteiger partial charge in [0.1, 0.15) is 5.75 Å². The number of hydrogen-bond donors (Lipinski definition) is 1. The second-order valence-electron chi connectivity index (χ2n) is 15.0. The Morgan fingerprint density at radius 1 is 0.685 bits per heavy atom. The third-order valence-corrected chi connectivity index (χ3v) is 12.1. The van der Waals surface area contributed by atoms with Crippen LogP contribution < -0.4 is 24.8 Å². The number of rotatable bonds is 14. The quantitative estimate of drug-likeness (QED) is 0.0884. The number of piperidine rings is 1. The Balaban J connectivity index is 0.993. The second-order valence-corrected chi connectivity index (χ2v) is 15.9. The van der Waals surface area contributed by atoms with Gasteiger partial charge in [-0.05, 0) is 145 Å². The number of anilines is 2. The Kier molecular flexibility index (Phi) is 10.7. The molecule has 0 bridgehead atoms. The molecule has 5 aromatic rings. The molecule has 2 N–H and O–H groups in total. The first-order valence-electron chi connectivity index (χ1n) is 19.2. The second kappa shape index (κ2) is 15.9. The molecule has 54 heavy (non-hydrogen) atoms. The molecule has 3 aromatic carbocycles. The predicted octanol–water partition coefficient (Wildman–Crippen LogP) is 9.57. The van der Waals surface area contributed by atoms with E-state index in [0.29, 0.717) is 17.9 Å². The Labute approximate surface area is 324 Å². The molecule has 1 aliphatic heterocycles. The lowest BCUT2D eigenvalue weighted by atomic mass is 9.98. The minimum atomic E-state index is 0.403. The fourth-order valence-electron chi connectivity index (χ4n) is 8.09. The first kappa shape index (κ1) is 36.3. The monoisotopic (exact) mass is 741 g/mol. The highest BCUT2D eigenvalue weighted by atomic mass is 32.2. The molecule has 0 atom stereocenters. The summed E-state index contributed by atoms with van der Waals surface area (Å²) < 4.78 is 17.3. The summed E-state index contributed by atoms with van der Waals surface area (Å²) in [4.78, 5) is 15.9. The van der Waals surface area contributed by atoms with Gasteiger partial charge in [0.15, 0.2) is 11.5 Å². The van der Waals surface area contributed by atoms with E-state index in [-0.39, 0.29) is 0 Å². The highest BCUT2D eigenvalue weighted by molar-refractivity contribution is 7.98. The molecule has 0 amide bonds. The van der Waals surface area contributed by atoms with Gasteiger partial charge in [-0.2, -0.15) is 0 Å². The Morgan fingerprint density at radius 2 is 1.28 bits per heavy atom. The van der Waals surface area contributed by atoms with Crippen molar-refractivity contribution in [2.45, 2.75) is 74.4 Å². The van der Waals surface area contributed by atoms with E-state index in [9.17, 15) is 0 Å².